The van der Waals surface area contributed by atoms with E-state index in [0.717, 1.165) is 19.6 Å². The molecule has 17 heavy (non-hydrogen) atoms. The van der Waals surface area contributed by atoms with Gasteiger partial charge < -0.3 is 10.6 Å². The molecular formula is C11H16N6. The Kier molecular flexibility index (Phi) is 3.22. The van der Waals surface area contributed by atoms with Crippen molar-refractivity contribution in [3.63, 3.8) is 0 Å². The molecule has 1 aromatic rings. The summed E-state index contributed by atoms with van der Waals surface area (Å²) in [5, 5.41) is 8.79. The van der Waals surface area contributed by atoms with E-state index in [1.54, 1.807) is 0 Å². The van der Waals surface area contributed by atoms with E-state index >= 15 is 0 Å². The van der Waals surface area contributed by atoms with Crippen LogP contribution < -0.4 is 5.73 Å². The third-order valence-electron chi connectivity index (χ3n) is 3.11. The van der Waals surface area contributed by atoms with Crippen LogP contribution in [0.15, 0.2) is 6.20 Å². The largest absolute Gasteiger partial charge is 0.382 e. The van der Waals surface area contributed by atoms with Crippen LogP contribution in [0.3, 0.4) is 0 Å². The number of nitrogens with zero attached hydrogens (tertiary/aromatic N) is 5. The maximum Gasteiger partial charge on any atom is 0.149 e. The number of hydrogen-bond acceptors (Lipinski definition) is 6. The van der Waals surface area contributed by atoms with Gasteiger partial charge >= 0.3 is 0 Å². The molecule has 6 nitrogen and oxygen atoms in total. The van der Waals surface area contributed by atoms with Gasteiger partial charge in [0.05, 0.1) is 12.2 Å². The van der Waals surface area contributed by atoms with E-state index in [1.807, 2.05) is 6.07 Å². The summed E-state index contributed by atoms with van der Waals surface area (Å²) in [4.78, 5) is 12.9. The third-order valence-corrected chi connectivity index (χ3v) is 3.11. The highest BCUT2D eigenvalue weighted by Crippen LogP contribution is 2.21. The maximum absolute atomic E-state index is 8.79. The minimum absolute atomic E-state index is 0.142. The number of nitriles is 1. The van der Waals surface area contributed by atoms with Crippen LogP contribution in [0, 0.1) is 11.3 Å². The van der Waals surface area contributed by atoms with E-state index in [-0.39, 0.29) is 11.9 Å². The van der Waals surface area contributed by atoms with Crippen molar-refractivity contribution in [3.8, 4) is 6.07 Å². The van der Waals surface area contributed by atoms with Gasteiger partial charge in [0, 0.05) is 19.6 Å². The van der Waals surface area contributed by atoms with Crippen LogP contribution in [-0.2, 0) is 0 Å². The van der Waals surface area contributed by atoms with E-state index < -0.39 is 0 Å². The smallest absolute Gasteiger partial charge is 0.149 e. The number of anilines is 1. The number of rotatable bonds is 1. The molecule has 0 bridgehead atoms. The lowest BCUT2D eigenvalue weighted by molar-refractivity contribution is 0.110. The highest BCUT2D eigenvalue weighted by atomic mass is 15.3. The van der Waals surface area contributed by atoms with Crippen LogP contribution in [0.2, 0.25) is 0 Å². The van der Waals surface area contributed by atoms with Gasteiger partial charge in [0.15, 0.2) is 0 Å². The highest BCUT2D eigenvalue weighted by Gasteiger charge is 2.26. The summed E-state index contributed by atoms with van der Waals surface area (Å²) in [6.45, 7) is 2.89. The Morgan fingerprint density at radius 3 is 2.88 bits per heavy atom. The molecule has 2 heterocycles. The Bertz CT molecular complexity index is 452. The van der Waals surface area contributed by atoms with Crippen molar-refractivity contribution in [2.45, 2.75) is 6.04 Å². The van der Waals surface area contributed by atoms with E-state index in [9.17, 15) is 0 Å². The summed E-state index contributed by atoms with van der Waals surface area (Å²) in [6, 6.07) is 2.11. The van der Waals surface area contributed by atoms with Crippen molar-refractivity contribution >= 4 is 5.82 Å². The summed E-state index contributed by atoms with van der Waals surface area (Å²) in [5.41, 5.74) is 6.05. The molecule has 6 heteroatoms. The molecule has 1 atom stereocenters. The lowest BCUT2D eigenvalue weighted by Gasteiger charge is -2.36. The maximum atomic E-state index is 8.79. The number of piperazine rings is 1. The number of aromatic nitrogens is 2. The quantitative estimate of drug-likeness (QED) is 0.725. The van der Waals surface area contributed by atoms with Gasteiger partial charge in [-0.15, -0.1) is 0 Å². The topological polar surface area (TPSA) is 82.1 Å². The summed E-state index contributed by atoms with van der Waals surface area (Å²) < 4.78 is 0. The van der Waals surface area contributed by atoms with Crippen LogP contribution in [0.4, 0.5) is 5.82 Å². The first-order valence-electron chi connectivity index (χ1n) is 5.53. The summed E-state index contributed by atoms with van der Waals surface area (Å²) >= 11 is 0. The second kappa shape index (κ2) is 4.65. The summed E-state index contributed by atoms with van der Waals surface area (Å²) in [6.07, 6.45) is 1.50. The molecule has 0 radical (unpaired) electrons. The zero-order valence-electron chi connectivity index (χ0n) is 10.1. The minimum atomic E-state index is 0.142. The number of hydrogen-bond donors (Lipinski definition) is 1. The predicted octanol–water partition coefficient (Wildman–Crippen LogP) is -0.151. The second-order valence-corrected chi connectivity index (χ2v) is 4.40. The minimum Gasteiger partial charge on any atom is -0.382 e. The molecule has 1 aromatic heterocycles. The Hall–Kier alpha value is -1.71. The van der Waals surface area contributed by atoms with Gasteiger partial charge in [0.2, 0.25) is 0 Å². The first-order valence-corrected chi connectivity index (χ1v) is 5.53. The molecule has 0 aromatic carbocycles. The number of nitrogens with two attached hydrogens (primary N) is 1. The molecule has 1 aliphatic heterocycles. The van der Waals surface area contributed by atoms with Gasteiger partial charge in [0.1, 0.15) is 23.3 Å². The number of nitrogen functional groups attached to an aromatic ring is 1. The fourth-order valence-electron chi connectivity index (χ4n) is 1.94. The van der Waals surface area contributed by atoms with Crippen molar-refractivity contribution in [1.29, 1.82) is 5.26 Å². The zero-order chi connectivity index (χ0) is 12.4. The molecular weight excluding hydrogens is 216 g/mol. The molecule has 1 saturated heterocycles. The molecule has 90 valence electrons. The van der Waals surface area contributed by atoms with Gasteiger partial charge in [-0.1, -0.05) is 0 Å². The Balaban J connectivity index is 2.27. The Morgan fingerprint density at radius 2 is 2.24 bits per heavy atom. The van der Waals surface area contributed by atoms with Crippen molar-refractivity contribution < 1.29 is 0 Å². The molecule has 0 spiro atoms. The molecule has 0 amide bonds. The summed E-state index contributed by atoms with van der Waals surface area (Å²) in [7, 11) is 4.13. The van der Waals surface area contributed by atoms with Crippen LogP contribution in [0.5, 0.6) is 0 Å². The lowest BCUT2D eigenvalue weighted by atomic mass is 10.1. The van der Waals surface area contributed by atoms with E-state index in [2.05, 4.69) is 33.9 Å². The fourth-order valence-corrected chi connectivity index (χ4v) is 1.94. The average molecular weight is 232 g/mol. The normalized spacial score (nSPS) is 22.3. The van der Waals surface area contributed by atoms with E-state index in [1.165, 1.54) is 6.20 Å². The molecule has 2 N–H and O–H groups in total. The van der Waals surface area contributed by atoms with Crippen LogP contribution in [0.25, 0.3) is 0 Å². The molecule has 0 aliphatic carbocycles. The second-order valence-electron chi connectivity index (χ2n) is 4.40. The predicted molar refractivity (Wildman–Crippen MR) is 64.0 cm³/mol. The highest BCUT2D eigenvalue weighted by molar-refractivity contribution is 5.46. The van der Waals surface area contributed by atoms with Crippen molar-refractivity contribution in [1.82, 2.24) is 19.8 Å². The zero-order valence-corrected chi connectivity index (χ0v) is 10.1. The molecule has 0 saturated carbocycles. The van der Waals surface area contributed by atoms with Gasteiger partial charge in [-0.2, -0.15) is 5.26 Å². The van der Waals surface area contributed by atoms with Gasteiger partial charge in [0.25, 0.3) is 0 Å². The SMILES string of the molecule is CN1CCN(C)C(c2ncc(C#N)c(N)n2)C1. The average Bonchev–Trinajstić information content (AvgIpc) is 2.32. The van der Waals surface area contributed by atoms with Crippen molar-refractivity contribution in [2.24, 2.45) is 0 Å². The van der Waals surface area contributed by atoms with Crippen LogP contribution >= 0.6 is 0 Å². The van der Waals surface area contributed by atoms with E-state index in [0.29, 0.717) is 11.4 Å². The monoisotopic (exact) mass is 232 g/mol. The first-order chi connectivity index (χ1) is 8.11. The fraction of sp³-hybridized carbons (Fsp3) is 0.545. The molecule has 2 rings (SSSR count). The Morgan fingerprint density at radius 1 is 1.47 bits per heavy atom. The van der Waals surface area contributed by atoms with Crippen LogP contribution in [-0.4, -0.2) is 53.5 Å². The lowest BCUT2D eigenvalue weighted by Crippen LogP contribution is -2.45. The van der Waals surface area contributed by atoms with Crippen molar-refractivity contribution in [3.05, 3.63) is 17.6 Å². The van der Waals surface area contributed by atoms with Gasteiger partial charge in [-0.05, 0) is 14.1 Å². The standard InChI is InChI=1S/C11H16N6/c1-16-3-4-17(2)9(7-16)11-14-6-8(5-12)10(13)15-11/h6,9H,3-4,7H2,1-2H3,(H2,13,14,15). The van der Waals surface area contributed by atoms with Gasteiger partial charge in [-0.25, -0.2) is 9.97 Å². The first kappa shape index (κ1) is 11.8. The van der Waals surface area contributed by atoms with Crippen molar-refractivity contribution in [2.75, 3.05) is 39.5 Å². The Labute approximate surface area is 101 Å². The number of likely N-dealkylation sites (N-methyl/N-ethyl adjacent to an activating group) is 2. The third kappa shape index (κ3) is 2.35. The van der Waals surface area contributed by atoms with Crippen LogP contribution in [0.1, 0.15) is 17.4 Å². The molecule has 1 fully saturated rings. The summed E-state index contributed by atoms with van der Waals surface area (Å²) in [5.74, 6) is 0.953. The molecule has 1 aliphatic rings. The van der Waals surface area contributed by atoms with E-state index in [4.69, 9.17) is 11.0 Å². The van der Waals surface area contributed by atoms with Gasteiger partial charge in [-0.3, -0.25) is 4.90 Å². The molecule has 1 unspecified atom stereocenters.